The van der Waals surface area contributed by atoms with E-state index < -0.39 is 0 Å². The predicted octanol–water partition coefficient (Wildman–Crippen LogP) is 6.58. The lowest BCUT2D eigenvalue weighted by molar-refractivity contribution is 0.123. The van der Waals surface area contributed by atoms with E-state index in [4.69, 9.17) is 4.74 Å². The Labute approximate surface area is 188 Å². The highest BCUT2D eigenvalue weighted by atomic mass is 16.6. The number of carbonyl (C=O) groups is 1. The van der Waals surface area contributed by atoms with Crippen molar-refractivity contribution >= 4 is 17.0 Å². The van der Waals surface area contributed by atoms with Gasteiger partial charge in [-0.25, -0.2) is 4.79 Å². The number of amides is 1. The molecule has 5 nitrogen and oxygen atoms in total. The van der Waals surface area contributed by atoms with Crippen molar-refractivity contribution in [1.29, 1.82) is 0 Å². The first-order valence-corrected chi connectivity index (χ1v) is 12.1. The second-order valence-corrected chi connectivity index (χ2v) is 9.87. The Morgan fingerprint density at radius 3 is 2.42 bits per heavy atom. The summed E-state index contributed by atoms with van der Waals surface area (Å²) in [6.07, 6.45) is 11.6. The van der Waals surface area contributed by atoms with Gasteiger partial charge in [0.1, 0.15) is 5.75 Å². The summed E-state index contributed by atoms with van der Waals surface area (Å²) in [5, 5.41) is 1.20. The number of rotatable bonds is 8. The maximum Gasteiger partial charge on any atom is 0.415 e. The lowest BCUT2D eigenvalue weighted by atomic mass is 9.96. The molecule has 0 spiro atoms. The summed E-state index contributed by atoms with van der Waals surface area (Å²) in [5.74, 6) is 1.49. The fraction of sp³-hybridized carbons (Fsp3) is 0.654. The zero-order valence-corrected chi connectivity index (χ0v) is 20.1. The molecule has 5 heteroatoms. The van der Waals surface area contributed by atoms with Crippen molar-refractivity contribution in [3.8, 4) is 5.75 Å². The molecule has 1 aliphatic carbocycles. The highest BCUT2D eigenvalue weighted by Gasteiger charge is 2.22. The van der Waals surface area contributed by atoms with Crippen molar-refractivity contribution in [2.45, 2.75) is 91.3 Å². The summed E-state index contributed by atoms with van der Waals surface area (Å²) >= 11 is 0. The van der Waals surface area contributed by atoms with E-state index in [1.807, 2.05) is 39.8 Å². The maximum absolute atomic E-state index is 12.6. The Bertz CT molecular complexity index is 826. The molecule has 1 aromatic carbocycles. The number of ether oxygens (including phenoxy) is 1. The molecule has 3 rings (SSSR count). The van der Waals surface area contributed by atoms with Crippen LogP contribution in [0.15, 0.2) is 24.4 Å². The maximum atomic E-state index is 12.6. The predicted molar refractivity (Wildman–Crippen MR) is 129 cm³/mol. The Kier molecular flexibility index (Phi) is 8.42. The van der Waals surface area contributed by atoms with Gasteiger partial charge in [0, 0.05) is 41.8 Å². The van der Waals surface area contributed by atoms with Gasteiger partial charge in [0.05, 0.1) is 0 Å². The van der Waals surface area contributed by atoms with Gasteiger partial charge in [-0.1, -0.05) is 38.5 Å². The normalized spacial score (nSPS) is 15.7. The van der Waals surface area contributed by atoms with Gasteiger partial charge >= 0.3 is 6.09 Å². The Hall–Kier alpha value is -2.01. The van der Waals surface area contributed by atoms with Crippen molar-refractivity contribution < 1.29 is 9.53 Å². The standard InChI is InChI=1S/C26H41N3O2/c1-19(2)29(20(3)4)26(30)31-23-12-13-24-22(17-27-25(24)16-23)18-28(5)15-14-21-10-8-6-7-9-11-21/h12-13,16-17,19-21,27H,6-11,14-15,18H2,1-5H3. The van der Waals surface area contributed by atoms with Crippen LogP contribution >= 0.6 is 0 Å². The largest absolute Gasteiger partial charge is 0.415 e. The van der Waals surface area contributed by atoms with E-state index in [1.165, 1.54) is 55.9 Å². The molecule has 1 aliphatic rings. The summed E-state index contributed by atoms with van der Waals surface area (Å²) in [6, 6.07) is 6.10. The number of nitrogens with one attached hydrogen (secondary N) is 1. The van der Waals surface area contributed by atoms with E-state index in [2.05, 4.69) is 29.2 Å². The molecule has 0 atom stereocenters. The number of aromatic amines is 1. The molecule has 1 amide bonds. The molecular weight excluding hydrogens is 386 g/mol. The minimum Gasteiger partial charge on any atom is -0.410 e. The fourth-order valence-electron chi connectivity index (χ4n) is 4.96. The molecule has 1 saturated carbocycles. The molecule has 0 unspecified atom stereocenters. The first kappa shape index (κ1) is 23.6. The second-order valence-electron chi connectivity index (χ2n) is 9.87. The average Bonchev–Trinajstić information content (AvgIpc) is 2.91. The van der Waals surface area contributed by atoms with Crippen LogP contribution in [-0.2, 0) is 6.54 Å². The summed E-state index contributed by atoms with van der Waals surface area (Å²) in [7, 11) is 2.22. The van der Waals surface area contributed by atoms with Crippen LogP contribution in [-0.4, -0.2) is 46.6 Å². The lowest BCUT2D eigenvalue weighted by Gasteiger charge is -2.29. The zero-order chi connectivity index (χ0) is 22.4. The fourth-order valence-corrected chi connectivity index (χ4v) is 4.96. The van der Waals surface area contributed by atoms with Crippen LogP contribution in [0.5, 0.6) is 5.75 Å². The van der Waals surface area contributed by atoms with Crippen LogP contribution in [0.4, 0.5) is 4.79 Å². The molecule has 1 fully saturated rings. The van der Waals surface area contributed by atoms with Crippen LogP contribution in [0, 0.1) is 5.92 Å². The summed E-state index contributed by atoms with van der Waals surface area (Å²) in [5.41, 5.74) is 2.31. The Balaban J connectivity index is 1.59. The Morgan fingerprint density at radius 1 is 1.10 bits per heavy atom. The van der Waals surface area contributed by atoms with Crippen molar-refractivity contribution in [2.75, 3.05) is 13.6 Å². The number of nitrogens with zero attached hydrogens (tertiary/aromatic N) is 2. The van der Waals surface area contributed by atoms with Gasteiger partial charge in [0.15, 0.2) is 0 Å². The molecule has 0 radical (unpaired) electrons. The average molecular weight is 428 g/mol. The van der Waals surface area contributed by atoms with Crippen LogP contribution in [0.3, 0.4) is 0 Å². The van der Waals surface area contributed by atoms with Gasteiger partial charge in [-0.05, 0) is 71.3 Å². The number of fused-ring (bicyclic) bond motifs is 1. The third-order valence-electron chi connectivity index (χ3n) is 6.60. The molecule has 0 bridgehead atoms. The van der Waals surface area contributed by atoms with E-state index in [0.717, 1.165) is 24.5 Å². The number of H-pyrrole nitrogens is 1. The van der Waals surface area contributed by atoms with Gasteiger partial charge in [0.2, 0.25) is 0 Å². The second kappa shape index (κ2) is 11.0. The molecule has 172 valence electrons. The number of hydrogen-bond donors (Lipinski definition) is 1. The van der Waals surface area contributed by atoms with Crippen molar-refractivity contribution in [3.63, 3.8) is 0 Å². The van der Waals surface area contributed by atoms with Crippen LogP contribution in [0.2, 0.25) is 0 Å². The van der Waals surface area contributed by atoms with E-state index in [0.29, 0.717) is 5.75 Å². The van der Waals surface area contributed by atoms with Crippen molar-refractivity contribution in [2.24, 2.45) is 5.92 Å². The van der Waals surface area contributed by atoms with E-state index in [-0.39, 0.29) is 18.2 Å². The third kappa shape index (κ3) is 6.49. The van der Waals surface area contributed by atoms with Crippen molar-refractivity contribution in [3.05, 3.63) is 30.0 Å². The minimum absolute atomic E-state index is 0.0989. The van der Waals surface area contributed by atoms with Crippen LogP contribution in [0.25, 0.3) is 10.9 Å². The zero-order valence-electron chi connectivity index (χ0n) is 20.1. The molecule has 0 saturated heterocycles. The van der Waals surface area contributed by atoms with Crippen molar-refractivity contribution in [1.82, 2.24) is 14.8 Å². The first-order valence-electron chi connectivity index (χ1n) is 12.1. The highest BCUT2D eigenvalue weighted by Crippen LogP contribution is 2.27. The van der Waals surface area contributed by atoms with Gasteiger partial charge in [0.25, 0.3) is 0 Å². The van der Waals surface area contributed by atoms with Gasteiger partial charge in [-0.3, -0.25) is 0 Å². The summed E-state index contributed by atoms with van der Waals surface area (Å²) in [6.45, 7) is 10.1. The van der Waals surface area contributed by atoms with Crippen LogP contribution in [0.1, 0.15) is 78.2 Å². The SMILES string of the molecule is CC(C)N(C(=O)Oc1ccc2c(CN(C)CCC3CCCCCC3)c[nH]c2c1)C(C)C. The van der Waals surface area contributed by atoms with Gasteiger partial charge < -0.3 is 19.5 Å². The topological polar surface area (TPSA) is 48.6 Å². The number of benzene rings is 1. The summed E-state index contributed by atoms with van der Waals surface area (Å²) in [4.78, 5) is 20.1. The van der Waals surface area contributed by atoms with E-state index >= 15 is 0 Å². The first-order chi connectivity index (χ1) is 14.8. The molecule has 0 aliphatic heterocycles. The Morgan fingerprint density at radius 2 is 1.77 bits per heavy atom. The number of hydrogen-bond acceptors (Lipinski definition) is 3. The molecule has 2 aromatic rings. The lowest BCUT2D eigenvalue weighted by Crippen LogP contribution is -2.43. The van der Waals surface area contributed by atoms with Crippen LogP contribution < -0.4 is 4.74 Å². The summed E-state index contributed by atoms with van der Waals surface area (Å²) < 4.78 is 5.67. The molecule has 1 aromatic heterocycles. The highest BCUT2D eigenvalue weighted by molar-refractivity contribution is 5.85. The smallest absolute Gasteiger partial charge is 0.410 e. The third-order valence-corrected chi connectivity index (χ3v) is 6.60. The monoisotopic (exact) mass is 427 g/mol. The number of carbonyl (C=O) groups excluding carboxylic acids is 1. The minimum atomic E-state index is -0.297. The molecule has 1 N–H and O–H groups in total. The quantitative estimate of drug-likeness (QED) is 0.484. The van der Waals surface area contributed by atoms with Gasteiger partial charge in [-0.2, -0.15) is 0 Å². The molecule has 1 heterocycles. The van der Waals surface area contributed by atoms with Gasteiger partial charge in [-0.15, -0.1) is 0 Å². The molecular formula is C26H41N3O2. The number of aromatic nitrogens is 1. The molecule has 31 heavy (non-hydrogen) atoms. The van der Waals surface area contributed by atoms with E-state index in [9.17, 15) is 4.79 Å². The van der Waals surface area contributed by atoms with E-state index in [1.54, 1.807) is 4.90 Å².